The molecule has 2 aliphatic rings. The van der Waals surface area contributed by atoms with Gasteiger partial charge in [0.05, 0.1) is 5.01 Å². The van der Waals surface area contributed by atoms with E-state index in [9.17, 15) is 9.59 Å². The molecule has 1 amide bonds. The van der Waals surface area contributed by atoms with Crippen LogP contribution in [-0.4, -0.2) is 33.9 Å². The predicted molar refractivity (Wildman–Crippen MR) is 98.4 cm³/mol. The third kappa shape index (κ3) is 3.27. The van der Waals surface area contributed by atoms with Crippen molar-refractivity contribution in [3.05, 3.63) is 49.3 Å². The lowest BCUT2D eigenvalue weighted by atomic mass is 9.94. The molecule has 3 heterocycles. The molecular weight excluding hydrogens is 334 g/mol. The van der Waals surface area contributed by atoms with Gasteiger partial charge >= 0.3 is 0 Å². The van der Waals surface area contributed by atoms with Gasteiger partial charge in [0.15, 0.2) is 0 Å². The number of nitrogens with one attached hydrogen (secondary N) is 1. The molecule has 6 heteroatoms. The lowest BCUT2D eigenvalue weighted by Crippen LogP contribution is -2.41. The third-order valence-corrected chi connectivity index (χ3v) is 6.34. The van der Waals surface area contributed by atoms with Crippen LogP contribution in [-0.2, 0) is 12.8 Å². The summed E-state index contributed by atoms with van der Waals surface area (Å²) in [5.41, 5.74) is 2.22. The normalized spacial score (nSPS) is 20.4. The average molecular weight is 357 g/mol. The molecule has 132 valence electrons. The van der Waals surface area contributed by atoms with Gasteiger partial charge in [-0.3, -0.25) is 9.59 Å². The maximum atomic E-state index is 13.0. The monoisotopic (exact) mass is 357 g/mol. The van der Waals surface area contributed by atoms with E-state index < -0.39 is 0 Å². The lowest BCUT2D eigenvalue weighted by molar-refractivity contribution is 0.0705. The summed E-state index contributed by atoms with van der Waals surface area (Å²) in [6.45, 7) is 3.43. The number of hydrogen-bond donors (Lipinski definition) is 1. The first-order valence-electron chi connectivity index (χ1n) is 9.08. The van der Waals surface area contributed by atoms with Gasteiger partial charge in [0, 0.05) is 35.8 Å². The number of amides is 1. The Balaban J connectivity index is 1.57. The van der Waals surface area contributed by atoms with Crippen molar-refractivity contribution in [2.45, 2.75) is 51.4 Å². The van der Waals surface area contributed by atoms with Crippen LogP contribution in [0.3, 0.4) is 0 Å². The van der Waals surface area contributed by atoms with Crippen molar-refractivity contribution >= 4 is 17.2 Å². The number of hydrogen-bond acceptors (Lipinski definition) is 4. The Hall–Kier alpha value is -1.95. The topological polar surface area (TPSA) is 66.1 Å². The number of pyridine rings is 1. The van der Waals surface area contributed by atoms with Crippen molar-refractivity contribution in [1.29, 1.82) is 0 Å². The molecule has 2 aromatic heterocycles. The van der Waals surface area contributed by atoms with Gasteiger partial charge in [-0.05, 0) is 57.1 Å². The molecule has 1 aliphatic heterocycles. The van der Waals surface area contributed by atoms with Gasteiger partial charge in [-0.2, -0.15) is 0 Å². The number of piperidine rings is 1. The Kier molecular flexibility index (Phi) is 4.46. The molecule has 0 spiro atoms. The van der Waals surface area contributed by atoms with Crippen LogP contribution in [0, 0.1) is 6.92 Å². The summed E-state index contributed by atoms with van der Waals surface area (Å²) in [7, 11) is 0. The zero-order chi connectivity index (χ0) is 17.4. The van der Waals surface area contributed by atoms with Crippen molar-refractivity contribution in [1.82, 2.24) is 14.9 Å². The summed E-state index contributed by atoms with van der Waals surface area (Å²) in [5.74, 6) is 0.153. The van der Waals surface area contributed by atoms with E-state index in [-0.39, 0.29) is 17.4 Å². The highest BCUT2D eigenvalue weighted by atomic mass is 32.1. The van der Waals surface area contributed by atoms with Crippen molar-refractivity contribution in [3.63, 3.8) is 0 Å². The van der Waals surface area contributed by atoms with Crippen LogP contribution in [0.15, 0.2) is 17.1 Å². The van der Waals surface area contributed by atoms with E-state index in [4.69, 9.17) is 0 Å². The largest absolute Gasteiger partial charge is 0.338 e. The Bertz CT molecular complexity index is 855. The minimum absolute atomic E-state index is 0.132. The quantitative estimate of drug-likeness (QED) is 0.898. The van der Waals surface area contributed by atoms with Gasteiger partial charge in [0.25, 0.3) is 11.5 Å². The number of H-pyrrole nitrogens is 1. The second-order valence-corrected chi connectivity index (χ2v) is 8.39. The van der Waals surface area contributed by atoms with Crippen molar-refractivity contribution < 1.29 is 4.79 Å². The fraction of sp³-hybridized carbons (Fsp3) is 0.526. The molecule has 0 unspecified atom stereocenters. The molecule has 25 heavy (non-hydrogen) atoms. The molecule has 0 radical (unpaired) electrons. The van der Waals surface area contributed by atoms with Crippen LogP contribution in [0.5, 0.6) is 0 Å². The van der Waals surface area contributed by atoms with Gasteiger partial charge in [0.2, 0.25) is 0 Å². The third-order valence-electron chi connectivity index (χ3n) is 5.27. The Morgan fingerprint density at radius 1 is 1.32 bits per heavy atom. The fourth-order valence-electron chi connectivity index (χ4n) is 3.93. The van der Waals surface area contributed by atoms with Crippen LogP contribution < -0.4 is 5.56 Å². The van der Waals surface area contributed by atoms with Crippen molar-refractivity contribution in [3.8, 4) is 0 Å². The molecule has 1 atom stereocenters. The van der Waals surface area contributed by atoms with E-state index in [1.165, 1.54) is 4.88 Å². The average Bonchev–Trinajstić information content (AvgIpc) is 3.07. The van der Waals surface area contributed by atoms with Gasteiger partial charge in [-0.1, -0.05) is 0 Å². The Labute approximate surface area is 151 Å². The maximum absolute atomic E-state index is 13.0. The van der Waals surface area contributed by atoms with E-state index >= 15 is 0 Å². The fourth-order valence-corrected chi connectivity index (χ4v) is 4.83. The highest BCUT2D eigenvalue weighted by Gasteiger charge is 2.29. The number of carbonyl (C=O) groups excluding carboxylic acids is 1. The van der Waals surface area contributed by atoms with Crippen molar-refractivity contribution in [2.24, 2.45) is 0 Å². The van der Waals surface area contributed by atoms with Crippen LogP contribution >= 0.6 is 11.3 Å². The molecule has 2 aromatic rings. The van der Waals surface area contributed by atoms with E-state index in [1.807, 2.05) is 17.2 Å². The van der Waals surface area contributed by atoms with Crippen LogP contribution in [0.4, 0.5) is 0 Å². The second-order valence-electron chi connectivity index (χ2n) is 7.12. The summed E-state index contributed by atoms with van der Waals surface area (Å²) >= 11 is 1.71. The summed E-state index contributed by atoms with van der Waals surface area (Å²) in [6.07, 6.45) is 8.00. The molecule has 1 aliphatic carbocycles. The van der Waals surface area contributed by atoms with Crippen LogP contribution in [0.1, 0.15) is 63.1 Å². The number of likely N-dealkylation sites (tertiary alicyclic amines) is 1. The van der Waals surface area contributed by atoms with Gasteiger partial charge in [-0.25, -0.2) is 4.98 Å². The lowest BCUT2D eigenvalue weighted by Gasteiger charge is -2.32. The van der Waals surface area contributed by atoms with E-state index in [0.717, 1.165) is 61.3 Å². The van der Waals surface area contributed by atoms with Gasteiger partial charge in [0.1, 0.15) is 5.56 Å². The second kappa shape index (κ2) is 6.75. The van der Waals surface area contributed by atoms with E-state index in [2.05, 4.69) is 16.9 Å². The number of aryl methyl sites for hydroxylation is 3. The summed E-state index contributed by atoms with van der Waals surface area (Å²) in [5, 5.41) is 1.11. The Morgan fingerprint density at radius 2 is 2.16 bits per heavy atom. The molecule has 0 bridgehead atoms. The molecule has 4 rings (SSSR count). The standard InChI is InChI=1S/C19H23N3O2S/c1-12-10-20-18(25-12)14-6-4-8-22(11-14)19(24)15-9-13-5-2-3-7-16(13)21-17(15)23/h9-10,14H,2-8,11H2,1H3,(H,21,23)/t14-/m0/s1. The molecule has 1 fully saturated rings. The molecule has 5 nitrogen and oxygen atoms in total. The number of thiazole rings is 1. The number of fused-ring (bicyclic) bond motifs is 1. The summed E-state index contributed by atoms with van der Waals surface area (Å²) in [4.78, 5) is 35.9. The van der Waals surface area contributed by atoms with Gasteiger partial charge in [-0.15, -0.1) is 11.3 Å². The minimum atomic E-state index is -0.238. The number of carbonyl (C=O) groups is 1. The van der Waals surface area contributed by atoms with E-state index in [0.29, 0.717) is 12.1 Å². The smallest absolute Gasteiger partial charge is 0.261 e. The molecule has 0 aromatic carbocycles. The van der Waals surface area contributed by atoms with Gasteiger partial charge < -0.3 is 9.88 Å². The first kappa shape index (κ1) is 16.5. The van der Waals surface area contributed by atoms with Crippen LogP contribution in [0.25, 0.3) is 0 Å². The minimum Gasteiger partial charge on any atom is -0.338 e. The number of rotatable bonds is 2. The maximum Gasteiger partial charge on any atom is 0.261 e. The van der Waals surface area contributed by atoms with Crippen molar-refractivity contribution in [2.75, 3.05) is 13.1 Å². The predicted octanol–water partition coefficient (Wildman–Crippen LogP) is 3.04. The first-order chi connectivity index (χ1) is 12.1. The first-order valence-corrected chi connectivity index (χ1v) is 9.90. The Morgan fingerprint density at radius 3 is 2.96 bits per heavy atom. The van der Waals surface area contributed by atoms with Crippen LogP contribution in [0.2, 0.25) is 0 Å². The highest BCUT2D eigenvalue weighted by molar-refractivity contribution is 7.11. The zero-order valence-electron chi connectivity index (χ0n) is 14.5. The summed E-state index contributed by atoms with van der Waals surface area (Å²) in [6, 6.07) is 1.84. The number of nitrogens with zero attached hydrogens (tertiary/aromatic N) is 2. The zero-order valence-corrected chi connectivity index (χ0v) is 15.3. The highest BCUT2D eigenvalue weighted by Crippen LogP contribution is 2.30. The number of aromatic amines is 1. The SMILES string of the molecule is Cc1cnc([C@H]2CCCN(C(=O)c3cc4c([nH]c3=O)CCCC4)C2)s1. The molecular formula is C19H23N3O2S. The summed E-state index contributed by atoms with van der Waals surface area (Å²) < 4.78 is 0. The number of aromatic nitrogens is 2. The van der Waals surface area contributed by atoms with E-state index in [1.54, 1.807) is 11.3 Å². The molecule has 1 saturated heterocycles. The molecule has 1 N–H and O–H groups in total. The molecule has 0 saturated carbocycles.